The van der Waals surface area contributed by atoms with Gasteiger partial charge in [0.15, 0.2) is 0 Å². The van der Waals surface area contributed by atoms with Crippen LogP contribution in [0.3, 0.4) is 0 Å². The molecule has 21 heavy (non-hydrogen) atoms. The van der Waals surface area contributed by atoms with Gasteiger partial charge in [0.25, 0.3) is 10.0 Å². The Bertz CT molecular complexity index is 761. The summed E-state index contributed by atoms with van der Waals surface area (Å²) < 4.78 is 40.8. The van der Waals surface area contributed by atoms with Gasteiger partial charge >= 0.3 is 0 Å². The highest BCUT2D eigenvalue weighted by molar-refractivity contribution is 9.10. The number of anilines is 1. The van der Waals surface area contributed by atoms with Crippen LogP contribution in [0.2, 0.25) is 0 Å². The lowest BCUT2D eigenvalue weighted by Crippen LogP contribution is -2.17. The summed E-state index contributed by atoms with van der Waals surface area (Å²) >= 11 is 3.18. The molecule has 0 radical (unpaired) electrons. The number of hydrogen-bond donors (Lipinski definition) is 3. The second-order valence-electron chi connectivity index (χ2n) is 4.39. The summed E-state index contributed by atoms with van der Waals surface area (Å²) in [5.41, 5.74) is 1.31. The lowest BCUT2D eigenvalue weighted by molar-refractivity contribution is 0.595. The first-order valence-corrected chi connectivity index (χ1v) is 8.29. The van der Waals surface area contributed by atoms with E-state index in [0.717, 1.165) is 6.07 Å². The van der Waals surface area contributed by atoms with Crippen LogP contribution in [0.4, 0.5) is 10.1 Å². The van der Waals surface area contributed by atoms with Gasteiger partial charge in [0, 0.05) is 22.3 Å². The highest BCUT2D eigenvalue weighted by atomic mass is 79.9. The quantitative estimate of drug-likeness (QED) is 0.745. The number of nitrogens with zero attached hydrogens (tertiary/aromatic N) is 1. The number of nitrogens with one attached hydrogen (secondary N) is 3. The van der Waals surface area contributed by atoms with Gasteiger partial charge in [-0.3, -0.25) is 9.82 Å². The van der Waals surface area contributed by atoms with Crippen molar-refractivity contribution >= 4 is 31.6 Å². The number of benzene rings is 1. The Balaban J connectivity index is 2.41. The first kappa shape index (κ1) is 15.9. The third kappa shape index (κ3) is 3.42. The van der Waals surface area contributed by atoms with E-state index in [-0.39, 0.29) is 10.7 Å². The Morgan fingerprint density at radius 1 is 1.43 bits per heavy atom. The van der Waals surface area contributed by atoms with Crippen molar-refractivity contribution in [3.8, 4) is 0 Å². The van der Waals surface area contributed by atoms with Crippen molar-refractivity contribution < 1.29 is 12.8 Å². The van der Waals surface area contributed by atoms with Crippen molar-refractivity contribution in [2.24, 2.45) is 0 Å². The van der Waals surface area contributed by atoms with Crippen molar-refractivity contribution in [2.75, 3.05) is 11.8 Å². The van der Waals surface area contributed by atoms with E-state index in [9.17, 15) is 12.8 Å². The van der Waals surface area contributed by atoms with Crippen LogP contribution in [0, 0.1) is 12.7 Å². The minimum absolute atomic E-state index is 0.106. The number of aromatic nitrogens is 2. The van der Waals surface area contributed by atoms with Gasteiger partial charge < -0.3 is 5.32 Å². The summed E-state index contributed by atoms with van der Waals surface area (Å²) in [5.74, 6) is -0.537. The second-order valence-corrected chi connectivity index (χ2v) is 6.84. The van der Waals surface area contributed by atoms with E-state index in [1.807, 2.05) is 0 Å². The average molecular weight is 377 g/mol. The zero-order valence-corrected chi connectivity index (χ0v) is 13.8. The van der Waals surface area contributed by atoms with Crippen LogP contribution in [0.15, 0.2) is 27.7 Å². The Labute approximate surface area is 130 Å². The maximum Gasteiger partial charge on any atom is 0.281 e. The van der Waals surface area contributed by atoms with Crippen LogP contribution >= 0.6 is 15.9 Å². The van der Waals surface area contributed by atoms with Crippen molar-refractivity contribution in [2.45, 2.75) is 18.5 Å². The molecule has 6 nitrogen and oxygen atoms in total. The van der Waals surface area contributed by atoms with E-state index in [1.165, 1.54) is 12.1 Å². The summed E-state index contributed by atoms with van der Waals surface area (Å²) in [6.45, 7) is 2.08. The van der Waals surface area contributed by atoms with Gasteiger partial charge in [-0.2, -0.15) is 13.5 Å². The molecule has 0 saturated heterocycles. The Kier molecular flexibility index (Phi) is 4.64. The lowest BCUT2D eigenvalue weighted by atomic mass is 10.3. The van der Waals surface area contributed by atoms with Crippen LogP contribution in [0.5, 0.6) is 0 Å². The van der Waals surface area contributed by atoms with Gasteiger partial charge in [-0.15, -0.1) is 0 Å². The number of sulfonamides is 1. The lowest BCUT2D eigenvalue weighted by Gasteiger charge is -2.09. The molecule has 114 valence electrons. The maximum absolute atomic E-state index is 13.2. The van der Waals surface area contributed by atoms with Crippen molar-refractivity contribution in [1.29, 1.82) is 0 Å². The summed E-state index contributed by atoms with van der Waals surface area (Å²) in [4.78, 5) is 0. The molecule has 0 aliphatic heterocycles. The topological polar surface area (TPSA) is 86.9 Å². The fourth-order valence-corrected chi connectivity index (χ4v) is 3.55. The molecule has 0 atom stereocenters. The Morgan fingerprint density at radius 2 is 2.14 bits per heavy atom. The molecule has 1 heterocycles. The van der Waals surface area contributed by atoms with Gasteiger partial charge in [0.1, 0.15) is 5.82 Å². The number of aromatic amines is 1. The zero-order valence-electron chi connectivity index (χ0n) is 11.4. The van der Waals surface area contributed by atoms with E-state index < -0.39 is 15.8 Å². The standard InChI is InChI=1S/C12H14BrFN4O2S/c1-7-9(6-15-2)12(17-16-7)21(19,20)18-11-5-8(14)3-4-10(11)13/h3-5,15,18H,6H2,1-2H3,(H,16,17). The average Bonchev–Trinajstić information content (AvgIpc) is 2.77. The first-order valence-electron chi connectivity index (χ1n) is 6.01. The highest BCUT2D eigenvalue weighted by Gasteiger charge is 2.24. The summed E-state index contributed by atoms with van der Waals surface area (Å²) in [7, 11) is -2.21. The number of halogens is 2. The van der Waals surface area contributed by atoms with Crippen LogP contribution in [-0.4, -0.2) is 25.7 Å². The minimum Gasteiger partial charge on any atom is -0.316 e. The highest BCUT2D eigenvalue weighted by Crippen LogP contribution is 2.26. The van der Waals surface area contributed by atoms with Gasteiger partial charge in [-0.25, -0.2) is 4.39 Å². The SMILES string of the molecule is CNCc1c(S(=O)(=O)Nc2cc(F)ccc2Br)n[nH]c1C. The fourth-order valence-electron chi connectivity index (χ4n) is 1.81. The molecule has 2 rings (SSSR count). The molecule has 0 bridgehead atoms. The van der Waals surface area contributed by atoms with E-state index in [4.69, 9.17) is 0 Å². The minimum atomic E-state index is -3.91. The Hall–Kier alpha value is -1.45. The summed E-state index contributed by atoms with van der Waals surface area (Å²) in [5, 5.41) is 9.26. The van der Waals surface area contributed by atoms with E-state index in [1.54, 1.807) is 14.0 Å². The third-order valence-electron chi connectivity index (χ3n) is 2.82. The maximum atomic E-state index is 13.2. The van der Waals surface area contributed by atoms with E-state index >= 15 is 0 Å². The number of rotatable bonds is 5. The molecule has 3 N–H and O–H groups in total. The second kappa shape index (κ2) is 6.12. The summed E-state index contributed by atoms with van der Waals surface area (Å²) in [6, 6.07) is 3.75. The molecule has 1 aromatic heterocycles. The van der Waals surface area contributed by atoms with Crippen LogP contribution in [0.1, 0.15) is 11.3 Å². The van der Waals surface area contributed by atoms with Crippen LogP contribution in [0.25, 0.3) is 0 Å². The molecule has 0 aliphatic carbocycles. The molecule has 9 heteroatoms. The van der Waals surface area contributed by atoms with Crippen molar-refractivity contribution in [3.63, 3.8) is 0 Å². The largest absolute Gasteiger partial charge is 0.316 e. The molecule has 0 fully saturated rings. The number of aryl methyl sites for hydroxylation is 1. The smallest absolute Gasteiger partial charge is 0.281 e. The molecule has 0 aliphatic rings. The molecule has 1 aromatic carbocycles. The molecule has 0 spiro atoms. The van der Waals surface area contributed by atoms with Gasteiger partial charge in [-0.1, -0.05) is 0 Å². The molecular weight excluding hydrogens is 363 g/mol. The number of H-pyrrole nitrogens is 1. The van der Waals surface area contributed by atoms with Gasteiger partial charge in [-0.05, 0) is 48.1 Å². The zero-order chi connectivity index (χ0) is 15.6. The van der Waals surface area contributed by atoms with Crippen molar-refractivity contribution in [1.82, 2.24) is 15.5 Å². The Morgan fingerprint density at radius 3 is 2.81 bits per heavy atom. The van der Waals surface area contributed by atoms with Gasteiger partial charge in [0.05, 0.1) is 5.69 Å². The van der Waals surface area contributed by atoms with Crippen molar-refractivity contribution in [3.05, 3.63) is 39.7 Å². The summed E-state index contributed by atoms with van der Waals surface area (Å²) in [6.07, 6.45) is 0. The molecule has 0 unspecified atom stereocenters. The molecular formula is C12H14BrFN4O2S. The normalized spacial score (nSPS) is 11.6. The van der Waals surface area contributed by atoms with Crippen LogP contribution in [-0.2, 0) is 16.6 Å². The van der Waals surface area contributed by atoms with Gasteiger partial charge in [0.2, 0.25) is 5.03 Å². The predicted molar refractivity (Wildman–Crippen MR) is 81.0 cm³/mol. The molecule has 0 amide bonds. The number of hydrogen-bond acceptors (Lipinski definition) is 4. The first-order chi connectivity index (χ1) is 9.85. The fraction of sp³-hybridized carbons (Fsp3) is 0.250. The van der Waals surface area contributed by atoms with E-state index in [0.29, 0.717) is 22.3 Å². The third-order valence-corrected chi connectivity index (χ3v) is 4.84. The van der Waals surface area contributed by atoms with Crippen LogP contribution < -0.4 is 10.0 Å². The molecule has 2 aromatic rings. The monoisotopic (exact) mass is 376 g/mol. The predicted octanol–water partition coefficient (Wildman–Crippen LogP) is 2.14. The molecule has 0 saturated carbocycles. The van der Waals surface area contributed by atoms with E-state index in [2.05, 4.69) is 36.2 Å².